The van der Waals surface area contributed by atoms with Crippen LogP contribution >= 0.6 is 0 Å². The van der Waals surface area contributed by atoms with E-state index in [-0.39, 0.29) is 0 Å². The highest BCUT2D eigenvalue weighted by Crippen LogP contribution is 2.32. The van der Waals surface area contributed by atoms with Crippen LogP contribution in [0.5, 0.6) is 5.88 Å². The number of methoxy groups -OCH3 is 1. The van der Waals surface area contributed by atoms with E-state index in [0.717, 1.165) is 0 Å². The van der Waals surface area contributed by atoms with Gasteiger partial charge in [0, 0.05) is 6.20 Å². The number of ether oxygens (including phenoxy) is 2. The van der Waals surface area contributed by atoms with E-state index in [1.165, 1.54) is 24.3 Å². The first-order valence-corrected chi connectivity index (χ1v) is 5.98. The zero-order valence-corrected chi connectivity index (χ0v) is 10.5. The molecule has 0 spiro atoms. The van der Waals surface area contributed by atoms with Crippen LogP contribution in [0.15, 0.2) is 12.5 Å². The normalized spacial score (nSPS) is 30.0. The smallest absolute Gasteiger partial charge is 0.227 e. The van der Waals surface area contributed by atoms with Crippen LogP contribution in [0.3, 0.4) is 0 Å². The van der Waals surface area contributed by atoms with Crippen molar-refractivity contribution < 1.29 is 24.1 Å². The zero-order chi connectivity index (χ0) is 14.3. The number of alkyl halides is 1. The number of aliphatic hydroxyl groups excluding tert-OH is 2. The third-order valence-electron chi connectivity index (χ3n) is 3.23. The molecule has 0 bridgehead atoms. The largest absolute Gasteiger partial charge is 0.480 e. The number of aliphatic hydroxyl groups is 2. The van der Waals surface area contributed by atoms with E-state index in [4.69, 9.17) is 14.6 Å². The number of rotatable bonds is 3. The number of fused-ring (bicyclic) bond motifs is 1. The molecule has 2 aromatic rings. The van der Waals surface area contributed by atoms with E-state index < -0.39 is 31.2 Å². The summed E-state index contributed by atoms with van der Waals surface area (Å²) in [4.78, 5) is 7.87. The Morgan fingerprint density at radius 3 is 2.95 bits per heavy atom. The third-order valence-corrected chi connectivity index (χ3v) is 3.23. The maximum atomic E-state index is 14.0. The van der Waals surface area contributed by atoms with Gasteiger partial charge in [0.2, 0.25) is 5.88 Å². The molecule has 0 radical (unpaired) electrons. The Bertz CT molecular complexity index is 621. The minimum absolute atomic E-state index is 0.314. The molecule has 0 aromatic carbocycles. The van der Waals surface area contributed by atoms with Gasteiger partial charge in [-0.3, -0.25) is 0 Å². The highest BCUT2D eigenvalue weighted by molar-refractivity contribution is 5.79. The molecule has 2 aromatic heterocycles. The van der Waals surface area contributed by atoms with Crippen molar-refractivity contribution in [2.75, 3.05) is 13.7 Å². The highest BCUT2D eigenvalue weighted by atomic mass is 19.1. The van der Waals surface area contributed by atoms with Crippen molar-refractivity contribution in [2.45, 2.75) is 24.6 Å². The summed E-state index contributed by atoms with van der Waals surface area (Å²) in [6, 6.07) is 0. The molecule has 108 valence electrons. The first kappa shape index (κ1) is 13.2. The fourth-order valence-corrected chi connectivity index (χ4v) is 2.19. The molecular formula is C11H13FN4O4. The van der Waals surface area contributed by atoms with Gasteiger partial charge in [-0.1, -0.05) is 0 Å². The van der Waals surface area contributed by atoms with E-state index in [1.807, 2.05) is 0 Å². The Labute approximate surface area is 112 Å². The molecule has 0 unspecified atom stereocenters. The van der Waals surface area contributed by atoms with Gasteiger partial charge in [-0.25, -0.2) is 19.0 Å². The molecule has 4 atom stereocenters. The number of halogens is 1. The van der Waals surface area contributed by atoms with Crippen molar-refractivity contribution in [3.63, 3.8) is 0 Å². The SMILES string of the molecule is COc1ncnc2nn([C@H]3O[C@H](CO)[C@@H](O)[C@@H]3F)cc12. The number of nitrogens with zero attached hydrogens (tertiary/aromatic N) is 4. The van der Waals surface area contributed by atoms with E-state index in [1.54, 1.807) is 0 Å². The molecule has 1 aliphatic heterocycles. The molecule has 0 aliphatic carbocycles. The Balaban J connectivity index is 1.99. The molecule has 1 saturated heterocycles. The summed E-state index contributed by atoms with van der Waals surface area (Å²) in [7, 11) is 1.45. The molecule has 0 amide bonds. The van der Waals surface area contributed by atoms with Crippen LogP contribution in [-0.2, 0) is 4.74 Å². The van der Waals surface area contributed by atoms with Crippen molar-refractivity contribution in [3.8, 4) is 5.88 Å². The van der Waals surface area contributed by atoms with Gasteiger partial charge in [-0.2, -0.15) is 0 Å². The van der Waals surface area contributed by atoms with Gasteiger partial charge in [0.1, 0.15) is 23.9 Å². The quantitative estimate of drug-likeness (QED) is 0.777. The Hall–Kier alpha value is -1.84. The first-order chi connectivity index (χ1) is 9.65. The molecule has 9 heteroatoms. The molecule has 1 aliphatic rings. The Morgan fingerprint density at radius 2 is 2.30 bits per heavy atom. The summed E-state index contributed by atoms with van der Waals surface area (Å²) in [5.41, 5.74) is 0.328. The van der Waals surface area contributed by atoms with Crippen LogP contribution in [0, 0.1) is 0 Å². The van der Waals surface area contributed by atoms with Gasteiger partial charge in [0.05, 0.1) is 13.7 Å². The lowest BCUT2D eigenvalue weighted by atomic mass is 10.1. The van der Waals surface area contributed by atoms with Crippen LogP contribution < -0.4 is 4.74 Å². The van der Waals surface area contributed by atoms with Crippen molar-refractivity contribution in [1.29, 1.82) is 0 Å². The molecule has 2 N–H and O–H groups in total. The predicted octanol–water partition coefficient (Wildman–Crippen LogP) is -0.576. The fraction of sp³-hybridized carbons (Fsp3) is 0.545. The summed E-state index contributed by atoms with van der Waals surface area (Å²) >= 11 is 0. The molecular weight excluding hydrogens is 271 g/mol. The van der Waals surface area contributed by atoms with Gasteiger partial charge in [-0.15, -0.1) is 5.10 Å². The van der Waals surface area contributed by atoms with Gasteiger partial charge >= 0.3 is 0 Å². The Morgan fingerprint density at radius 1 is 1.50 bits per heavy atom. The standard InChI is InChI=1S/C11H13FN4O4/c1-19-10-5-2-16(15-9(5)13-4-14-10)11-7(12)8(18)6(3-17)20-11/h2,4,6-8,11,17-18H,3H2,1H3/t6-,7+,8-,11+/m1/s1. The monoisotopic (exact) mass is 284 g/mol. The van der Waals surface area contributed by atoms with Gasteiger partial charge < -0.3 is 19.7 Å². The molecule has 1 fully saturated rings. The summed E-state index contributed by atoms with van der Waals surface area (Å²) in [5.74, 6) is 0.314. The van der Waals surface area contributed by atoms with Gasteiger partial charge in [-0.05, 0) is 0 Å². The maximum Gasteiger partial charge on any atom is 0.227 e. The van der Waals surface area contributed by atoms with Crippen LogP contribution in [0.25, 0.3) is 11.0 Å². The highest BCUT2D eigenvalue weighted by Gasteiger charge is 2.45. The van der Waals surface area contributed by atoms with Crippen LogP contribution in [0.4, 0.5) is 4.39 Å². The molecule has 3 rings (SSSR count). The van der Waals surface area contributed by atoms with Gasteiger partial charge in [0.25, 0.3) is 0 Å². The van der Waals surface area contributed by atoms with Crippen molar-refractivity contribution >= 4 is 11.0 Å². The summed E-state index contributed by atoms with van der Waals surface area (Å²) in [6.45, 7) is -0.470. The van der Waals surface area contributed by atoms with E-state index in [9.17, 15) is 9.50 Å². The van der Waals surface area contributed by atoms with Crippen LogP contribution in [0.1, 0.15) is 6.23 Å². The van der Waals surface area contributed by atoms with E-state index >= 15 is 0 Å². The Kier molecular flexibility index (Phi) is 3.24. The van der Waals surface area contributed by atoms with Crippen molar-refractivity contribution in [3.05, 3.63) is 12.5 Å². The van der Waals surface area contributed by atoms with Crippen LogP contribution in [0.2, 0.25) is 0 Å². The summed E-state index contributed by atoms with van der Waals surface area (Å²) < 4.78 is 25.5. The van der Waals surface area contributed by atoms with Crippen molar-refractivity contribution in [1.82, 2.24) is 19.7 Å². The van der Waals surface area contributed by atoms with Crippen LogP contribution in [-0.4, -0.2) is 62.1 Å². The average Bonchev–Trinajstić information content (AvgIpc) is 3.01. The lowest BCUT2D eigenvalue weighted by Gasteiger charge is -2.12. The number of hydrogen-bond acceptors (Lipinski definition) is 7. The number of hydrogen-bond donors (Lipinski definition) is 2. The van der Waals surface area contributed by atoms with E-state index in [2.05, 4.69) is 15.1 Å². The minimum Gasteiger partial charge on any atom is -0.480 e. The predicted molar refractivity (Wildman–Crippen MR) is 63.8 cm³/mol. The second-order valence-electron chi connectivity index (χ2n) is 4.41. The van der Waals surface area contributed by atoms with E-state index in [0.29, 0.717) is 16.9 Å². The number of aromatic nitrogens is 4. The second kappa shape index (κ2) is 4.93. The average molecular weight is 284 g/mol. The second-order valence-corrected chi connectivity index (χ2v) is 4.41. The molecule has 3 heterocycles. The lowest BCUT2D eigenvalue weighted by molar-refractivity contribution is -0.0519. The lowest BCUT2D eigenvalue weighted by Crippen LogP contribution is -2.30. The maximum absolute atomic E-state index is 14.0. The topological polar surface area (TPSA) is 103 Å². The molecule has 0 saturated carbocycles. The minimum atomic E-state index is -1.69. The zero-order valence-electron chi connectivity index (χ0n) is 10.5. The summed E-state index contributed by atoms with van der Waals surface area (Å²) in [6.07, 6.45) is -2.42. The van der Waals surface area contributed by atoms with Gasteiger partial charge in [0.15, 0.2) is 18.0 Å². The first-order valence-electron chi connectivity index (χ1n) is 5.98. The molecule has 20 heavy (non-hydrogen) atoms. The van der Waals surface area contributed by atoms with Crippen molar-refractivity contribution in [2.24, 2.45) is 0 Å². The third kappa shape index (κ3) is 1.90. The summed E-state index contributed by atoms with van der Waals surface area (Å²) in [5, 5.41) is 23.2. The molecule has 8 nitrogen and oxygen atoms in total. The fourth-order valence-electron chi connectivity index (χ4n) is 2.19.